The summed E-state index contributed by atoms with van der Waals surface area (Å²) in [7, 11) is 0. The Labute approximate surface area is 143 Å². The monoisotopic (exact) mass is 336 g/mol. The molecule has 0 unspecified atom stereocenters. The van der Waals surface area contributed by atoms with Crippen molar-refractivity contribution >= 4 is 29.1 Å². The molecule has 3 rings (SSSR count). The zero-order valence-electron chi connectivity index (χ0n) is 13.6. The number of carboxylic acids is 1. The number of carbonyl (C=O) groups is 1. The Morgan fingerprint density at radius 1 is 1.16 bits per heavy atom. The van der Waals surface area contributed by atoms with Crippen LogP contribution in [0.2, 0.25) is 0 Å². The summed E-state index contributed by atoms with van der Waals surface area (Å²) in [4.78, 5) is 23.8. The summed E-state index contributed by atoms with van der Waals surface area (Å²) in [6.45, 7) is 2.06. The van der Waals surface area contributed by atoms with Gasteiger partial charge in [-0.1, -0.05) is 36.4 Å². The molecule has 5 nitrogen and oxygen atoms in total. The maximum Gasteiger partial charge on any atom is 0.335 e. The summed E-state index contributed by atoms with van der Waals surface area (Å²) in [5.41, 5.74) is 0.897. The molecule has 1 aromatic heterocycles. The van der Waals surface area contributed by atoms with Crippen molar-refractivity contribution in [2.75, 3.05) is 6.61 Å². The smallest absolute Gasteiger partial charge is 0.335 e. The minimum absolute atomic E-state index is 0.0230. The molecule has 5 heteroatoms. The number of fused-ring (bicyclic) bond motifs is 1. The molecule has 0 bridgehead atoms. The molecule has 25 heavy (non-hydrogen) atoms. The Morgan fingerprint density at radius 2 is 1.92 bits per heavy atom. The van der Waals surface area contributed by atoms with Crippen molar-refractivity contribution in [1.82, 2.24) is 0 Å². The topological polar surface area (TPSA) is 76.7 Å². The van der Waals surface area contributed by atoms with Gasteiger partial charge in [0, 0.05) is 0 Å². The first kappa shape index (κ1) is 16.5. The molecule has 0 spiro atoms. The molecule has 0 aliphatic rings. The third-order valence-electron chi connectivity index (χ3n) is 3.64. The van der Waals surface area contributed by atoms with Gasteiger partial charge in [0.2, 0.25) is 11.2 Å². The van der Waals surface area contributed by atoms with Crippen LogP contribution < -0.4 is 10.2 Å². The van der Waals surface area contributed by atoms with E-state index in [1.54, 1.807) is 13.0 Å². The van der Waals surface area contributed by atoms with Crippen LogP contribution in [0.3, 0.4) is 0 Å². The van der Waals surface area contributed by atoms with E-state index in [-0.39, 0.29) is 22.1 Å². The summed E-state index contributed by atoms with van der Waals surface area (Å²) in [6, 6.07) is 13.8. The molecule has 126 valence electrons. The van der Waals surface area contributed by atoms with Gasteiger partial charge in [0.05, 0.1) is 17.6 Å². The van der Waals surface area contributed by atoms with Gasteiger partial charge in [-0.05, 0) is 36.8 Å². The van der Waals surface area contributed by atoms with E-state index in [0.717, 1.165) is 5.56 Å². The molecule has 1 heterocycles. The molecular weight excluding hydrogens is 320 g/mol. The van der Waals surface area contributed by atoms with Gasteiger partial charge in [-0.25, -0.2) is 4.79 Å². The molecule has 0 fully saturated rings. The minimum Gasteiger partial charge on any atom is -0.487 e. The van der Waals surface area contributed by atoms with Crippen LogP contribution >= 0.6 is 0 Å². The van der Waals surface area contributed by atoms with Gasteiger partial charge < -0.3 is 14.3 Å². The fourth-order valence-corrected chi connectivity index (χ4v) is 2.46. The van der Waals surface area contributed by atoms with Crippen LogP contribution in [0.1, 0.15) is 28.6 Å². The molecule has 2 aromatic carbocycles. The van der Waals surface area contributed by atoms with Crippen molar-refractivity contribution in [3.05, 3.63) is 75.6 Å². The number of carboxylic acid groups (broad SMARTS) is 1. The summed E-state index contributed by atoms with van der Waals surface area (Å²) in [6.07, 6.45) is 3.49. The Morgan fingerprint density at radius 3 is 2.60 bits per heavy atom. The highest BCUT2D eigenvalue weighted by atomic mass is 16.5. The number of aromatic carboxylic acids is 1. The van der Waals surface area contributed by atoms with Gasteiger partial charge in [-0.3, -0.25) is 4.79 Å². The molecule has 0 aliphatic heterocycles. The second kappa shape index (κ2) is 7.05. The molecule has 0 saturated heterocycles. The molecular formula is C20H16O5. The zero-order chi connectivity index (χ0) is 17.8. The lowest BCUT2D eigenvalue weighted by Gasteiger charge is -2.08. The Kier molecular flexibility index (Phi) is 4.66. The molecule has 0 aliphatic carbocycles. The van der Waals surface area contributed by atoms with Gasteiger partial charge in [-0.15, -0.1) is 0 Å². The van der Waals surface area contributed by atoms with E-state index in [0.29, 0.717) is 18.0 Å². The summed E-state index contributed by atoms with van der Waals surface area (Å²) >= 11 is 0. The number of ether oxygens (including phenoxy) is 1. The largest absolute Gasteiger partial charge is 0.487 e. The predicted molar refractivity (Wildman–Crippen MR) is 96.0 cm³/mol. The highest BCUT2D eigenvalue weighted by molar-refractivity contribution is 5.93. The molecule has 0 radical (unpaired) electrons. The van der Waals surface area contributed by atoms with Gasteiger partial charge in [0.1, 0.15) is 5.58 Å². The molecule has 0 saturated carbocycles. The second-order valence-corrected chi connectivity index (χ2v) is 5.32. The fraction of sp³-hybridized carbons (Fsp3) is 0.100. The van der Waals surface area contributed by atoms with E-state index >= 15 is 0 Å². The van der Waals surface area contributed by atoms with E-state index in [1.165, 1.54) is 18.2 Å². The average molecular weight is 336 g/mol. The lowest BCUT2D eigenvalue weighted by molar-refractivity contribution is 0.0697. The number of hydrogen-bond donors (Lipinski definition) is 1. The van der Waals surface area contributed by atoms with Crippen LogP contribution in [0.15, 0.2) is 57.7 Å². The fourth-order valence-electron chi connectivity index (χ4n) is 2.46. The van der Waals surface area contributed by atoms with E-state index < -0.39 is 5.97 Å². The third kappa shape index (κ3) is 3.45. The average Bonchev–Trinajstić information content (AvgIpc) is 2.63. The highest BCUT2D eigenvalue weighted by Crippen LogP contribution is 2.24. The maximum atomic E-state index is 12.7. The van der Waals surface area contributed by atoms with Gasteiger partial charge in [-0.2, -0.15) is 0 Å². The minimum atomic E-state index is -1.10. The number of benzene rings is 2. The van der Waals surface area contributed by atoms with Crippen molar-refractivity contribution < 1.29 is 19.1 Å². The first-order chi connectivity index (χ1) is 12.1. The van der Waals surface area contributed by atoms with Crippen molar-refractivity contribution in [3.8, 4) is 5.75 Å². The van der Waals surface area contributed by atoms with Crippen LogP contribution in [0, 0.1) is 0 Å². The van der Waals surface area contributed by atoms with E-state index in [9.17, 15) is 9.59 Å². The normalized spacial score (nSPS) is 11.1. The quantitative estimate of drug-likeness (QED) is 0.760. The van der Waals surface area contributed by atoms with Gasteiger partial charge in [0.25, 0.3) is 0 Å². The van der Waals surface area contributed by atoms with Crippen LogP contribution in [0.4, 0.5) is 0 Å². The van der Waals surface area contributed by atoms with E-state index in [4.69, 9.17) is 14.3 Å². The molecule has 0 amide bonds. The molecule has 0 atom stereocenters. The number of rotatable bonds is 5. The lowest BCUT2D eigenvalue weighted by atomic mass is 10.1. The Balaban J connectivity index is 2.16. The first-order valence-electron chi connectivity index (χ1n) is 7.80. The van der Waals surface area contributed by atoms with Crippen molar-refractivity contribution in [2.45, 2.75) is 6.92 Å². The SMILES string of the molecule is CCOc1c(/C=C/c2ccccc2)oc2ccc(C(=O)O)cc2c1=O. The predicted octanol–water partition coefficient (Wildman–Crippen LogP) is 4.06. The summed E-state index contributed by atoms with van der Waals surface area (Å²) < 4.78 is 11.2. The molecule has 3 aromatic rings. The van der Waals surface area contributed by atoms with Gasteiger partial charge in [0.15, 0.2) is 5.76 Å². The van der Waals surface area contributed by atoms with E-state index in [2.05, 4.69) is 0 Å². The lowest BCUT2D eigenvalue weighted by Crippen LogP contribution is -2.10. The zero-order valence-corrected chi connectivity index (χ0v) is 13.6. The van der Waals surface area contributed by atoms with Crippen LogP contribution in [-0.4, -0.2) is 17.7 Å². The first-order valence-corrected chi connectivity index (χ1v) is 7.80. The van der Waals surface area contributed by atoms with Crippen molar-refractivity contribution in [1.29, 1.82) is 0 Å². The highest BCUT2D eigenvalue weighted by Gasteiger charge is 2.15. The standard InChI is InChI=1S/C20H16O5/c1-2-24-19-17(10-8-13-6-4-3-5-7-13)25-16-11-9-14(20(22)23)12-15(16)18(19)21/h3-12H,2H2,1H3,(H,22,23)/b10-8+. The van der Waals surface area contributed by atoms with E-state index in [1.807, 2.05) is 36.4 Å². The van der Waals surface area contributed by atoms with Crippen molar-refractivity contribution in [3.63, 3.8) is 0 Å². The third-order valence-corrected chi connectivity index (χ3v) is 3.64. The van der Waals surface area contributed by atoms with Crippen LogP contribution in [0.5, 0.6) is 5.75 Å². The number of hydrogen-bond acceptors (Lipinski definition) is 4. The summed E-state index contributed by atoms with van der Waals surface area (Å²) in [5, 5.41) is 9.28. The van der Waals surface area contributed by atoms with Crippen LogP contribution in [-0.2, 0) is 0 Å². The van der Waals surface area contributed by atoms with Gasteiger partial charge >= 0.3 is 5.97 Å². The van der Waals surface area contributed by atoms with Crippen LogP contribution in [0.25, 0.3) is 23.1 Å². The molecule has 1 N–H and O–H groups in total. The van der Waals surface area contributed by atoms with Crippen molar-refractivity contribution in [2.24, 2.45) is 0 Å². The maximum absolute atomic E-state index is 12.7. The Bertz CT molecular complexity index is 1000. The second-order valence-electron chi connectivity index (χ2n) is 5.32. The summed E-state index contributed by atoms with van der Waals surface area (Å²) in [5.74, 6) is -0.733. The Hall–Kier alpha value is -3.34.